The van der Waals surface area contributed by atoms with E-state index in [0.717, 1.165) is 0 Å². The number of hydrogen-bond acceptors (Lipinski definition) is 3. The van der Waals surface area contributed by atoms with Crippen LogP contribution >= 0.6 is 0 Å². The molecule has 0 saturated heterocycles. The van der Waals surface area contributed by atoms with Crippen LogP contribution in [0, 0.1) is 5.92 Å². The minimum Gasteiger partial charge on any atom is -0.453 e. The maximum absolute atomic E-state index is 10.4. The van der Waals surface area contributed by atoms with Crippen molar-refractivity contribution in [3.05, 3.63) is 0 Å². The van der Waals surface area contributed by atoms with Crippen molar-refractivity contribution in [2.45, 2.75) is 6.92 Å². The molecular formula is C6H13NO3. The quantitative estimate of drug-likeness (QED) is 0.589. The van der Waals surface area contributed by atoms with Crippen LogP contribution in [0.4, 0.5) is 4.79 Å². The first kappa shape index (κ1) is 9.23. The van der Waals surface area contributed by atoms with Gasteiger partial charge in [0.15, 0.2) is 0 Å². The summed E-state index contributed by atoms with van der Waals surface area (Å²) in [6, 6.07) is 0. The zero-order chi connectivity index (χ0) is 7.98. The van der Waals surface area contributed by atoms with Gasteiger partial charge in [-0.2, -0.15) is 0 Å². The van der Waals surface area contributed by atoms with Gasteiger partial charge in [-0.1, -0.05) is 6.92 Å². The first-order chi connectivity index (χ1) is 4.70. The van der Waals surface area contributed by atoms with E-state index in [4.69, 9.17) is 5.11 Å². The van der Waals surface area contributed by atoms with Gasteiger partial charge in [-0.25, -0.2) is 4.79 Å². The van der Waals surface area contributed by atoms with Crippen LogP contribution in [0.3, 0.4) is 0 Å². The molecular weight excluding hydrogens is 134 g/mol. The Morgan fingerprint density at radius 1 is 1.80 bits per heavy atom. The lowest BCUT2D eigenvalue weighted by molar-refractivity contribution is 0.165. The monoisotopic (exact) mass is 147 g/mol. The predicted molar refractivity (Wildman–Crippen MR) is 36.7 cm³/mol. The SMILES string of the molecule is COC(=O)NCC(C)CO. The highest BCUT2D eigenvalue weighted by atomic mass is 16.5. The van der Waals surface area contributed by atoms with Gasteiger partial charge in [-0.05, 0) is 5.92 Å². The molecule has 0 saturated carbocycles. The van der Waals surface area contributed by atoms with E-state index in [-0.39, 0.29) is 12.5 Å². The zero-order valence-corrected chi connectivity index (χ0v) is 6.26. The molecule has 60 valence electrons. The Bertz CT molecular complexity index is 105. The Morgan fingerprint density at radius 2 is 2.40 bits per heavy atom. The van der Waals surface area contributed by atoms with Gasteiger partial charge in [0.05, 0.1) is 7.11 Å². The Balaban J connectivity index is 3.26. The number of ether oxygens (including phenoxy) is 1. The molecule has 0 fully saturated rings. The van der Waals surface area contributed by atoms with Gasteiger partial charge in [0.2, 0.25) is 0 Å². The summed E-state index contributed by atoms with van der Waals surface area (Å²) in [7, 11) is 1.30. The van der Waals surface area contributed by atoms with Crippen LogP contribution in [0.1, 0.15) is 6.92 Å². The topological polar surface area (TPSA) is 58.6 Å². The average Bonchev–Trinajstić information content (AvgIpc) is 1.99. The summed E-state index contributed by atoms with van der Waals surface area (Å²) in [5, 5.41) is 11.0. The average molecular weight is 147 g/mol. The van der Waals surface area contributed by atoms with Gasteiger partial charge >= 0.3 is 6.09 Å². The first-order valence-corrected chi connectivity index (χ1v) is 3.13. The smallest absolute Gasteiger partial charge is 0.406 e. The minimum absolute atomic E-state index is 0.0734. The molecule has 0 aromatic carbocycles. The van der Waals surface area contributed by atoms with Crippen LogP contribution in [0.15, 0.2) is 0 Å². The van der Waals surface area contributed by atoms with Crippen molar-refractivity contribution in [1.29, 1.82) is 0 Å². The molecule has 4 nitrogen and oxygen atoms in total. The van der Waals surface area contributed by atoms with Gasteiger partial charge in [0, 0.05) is 13.2 Å². The molecule has 1 amide bonds. The Hall–Kier alpha value is -0.770. The molecule has 0 spiro atoms. The third-order valence-electron chi connectivity index (χ3n) is 1.09. The molecule has 0 aliphatic carbocycles. The summed E-state index contributed by atoms with van der Waals surface area (Å²) in [5.41, 5.74) is 0. The molecule has 4 heteroatoms. The van der Waals surface area contributed by atoms with Gasteiger partial charge in [-0.3, -0.25) is 0 Å². The highest BCUT2D eigenvalue weighted by Crippen LogP contribution is 1.88. The summed E-state index contributed by atoms with van der Waals surface area (Å²) < 4.78 is 4.31. The zero-order valence-electron chi connectivity index (χ0n) is 6.26. The van der Waals surface area contributed by atoms with Crippen molar-refractivity contribution in [2.24, 2.45) is 5.92 Å². The van der Waals surface area contributed by atoms with Gasteiger partial charge < -0.3 is 15.2 Å². The highest BCUT2D eigenvalue weighted by Gasteiger charge is 2.01. The lowest BCUT2D eigenvalue weighted by Crippen LogP contribution is -2.29. The first-order valence-electron chi connectivity index (χ1n) is 3.13. The number of aliphatic hydroxyl groups is 1. The van der Waals surface area contributed by atoms with Crippen LogP contribution in [-0.4, -0.2) is 31.5 Å². The second-order valence-electron chi connectivity index (χ2n) is 2.16. The third-order valence-corrected chi connectivity index (χ3v) is 1.09. The van der Waals surface area contributed by atoms with E-state index >= 15 is 0 Å². The lowest BCUT2D eigenvalue weighted by Gasteiger charge is -2.07. The molecule has 0 bridgehead atoms. The van der Waals surface area contributed by atoms with E-state index in [0.29, 0.717) is 6.54 Å². The number of carbonyl (C=O) groups is 1. The highest BCUT2D eigenvalue weighted by molar-refractivity contribution is 5.66. The van der Waals surface area contributed by atoms with Crippen molar-refractivity contribution < 1.29 is 14.6 Å². The van der Waals surface area contributed by atoms with E-state index in [1.54, 1.807) is 0 Å². The second-order valence-corrected chi connectivity index (χ2v) is 2.16. The molecule has 0 aromatic rings. The van der Waals surface area contributed by atoms with Crippen LogP contribution in [0.5, 0.6) is 0 Å². The van der Waals surface area contributed by atoms with E-state index in [2.05, 4.69) is 10.1 Å². The Kier molecular flexibility index (Phi) is 4.66. The van der Waals surface area contributed by atoms with Crippen molar-refractivity contribution in [1.82, 2.24) is 5.32 Å². The maximum atomic E-state index is 10.4. The van der Waals surface area contributed by atoms with E-state index in [1.165, 1.54) is 7.11 Å². The summed E-state index contributed by atoms with van der Waals surface area (Å²) in [5.74, 6) is 0.0825. The fraction of sp³-hybridized carbons (Fsp3) is 0.833. The largest absolute Gasteiger partial charge is 0.453 e. The third kappa shape index (κ3) is 4.14. The van der Waals surface area contributed by atoms with Gasteiger partial charge in [-0.15, -0.1) is 0 Å². The number of alkyl carbamates (subject to hydrolysis) is 1. The van der Waals surface area contributed by atoms with E-state index < -0.39 is 6.09 Å². The van der Waals surface area contributed by atoms with Crippen LogP contribution < -0.4 is 5.32 Å². The lowest BCUT2D eigenvalue weighted by atomic mass is 10.2. The second kappa shape index (κ2) is 5.05. The Morgan fingerprint density at radius 3 is 2.80 bits per heavy atom. The molecule has 0 heterocycles. The molecule has 0 aliphatic heterocycles. The summed E-state index contributed by atoms with van der Waals surface area (Å²) in [6.45, 7) is 2.35. The number of nitrogens with one attached hydrogen (secondary N) is 1. The number of amides is 1. The van der Waals surface area contributed by atoms with Crippen LogP contribution in [0.2, 0.25) is 0 Å². The fourth-order valence-corrected chi connectivity index (χ4v) is 0.394. The molecule has 0 rings (SSSR count). The summed E-state index contributed by atoms with van der Waals surface area (Å²) >= 11 is 0. The van der Waals surface area contributed by atoms with E-state index in [1.807, 2.05) is 6.92 Å². The predicted octanol–water partition coefficient (Wildman–Crippen LogP) is -0.0292. The van der Waals surface area contributed by atoms with E-state index in [9.17, 15) is 4.79 Å². The molecule has 0 radical (unpaired) electrons. The summed E-state index contributed by atoms with van der Waals surface area (Å²) in [6.07, 6.45) is -0.458. The minimum atomic E-state index is -0.458. The van der Waals surface area contributed by atoms with Crippen molar-refractivity contribution in [3.8, 4) is 0 Å². The fourth-order valence-electron chi connectivity index (χ4n) is 0.394. The molecule has 2 N–H and O–H groups in total. The molecule has 10 heavy (non-hydrogen) atoms. The molecule has 1 atom stereocenters. The number of aliphatic hydroxyl groups excluding tert-OH is 1. The van der Waals surface area contributed by atoms with Crippen LogP contribution in [-0.2, 0) is 4.74 Å². The molecule has 0 aromatic heterocycles. The normalized spacial score (nSPS) is 12.3. The van der Waals surface area contributed by atoms with Gasteiger partial charge in [0.25, 0.3) is 0 Å². The van der Waals surface area contributed by atoms with Gasteiger partial charge in [0.1, 0.15) is 0 Å². The molecule has 1 unspecified atom stereocenters. The molecule has 0 aliphatic rings. The van der Waals surface area contributed by atoms with Crippen molar-refractivity contribution in [3.63, 3.8) is 0 Å². The maximum Gasteiger partial charge on any atom is 0.406 e. The number of hydrogen-bond donors (Lipinski definition) is 2. The Labute approximate surface area is 60.2 Å². The van der Waals surface area contributed by atoms with Crippen molar-refractivity contribution in [2.75, 3.05) is 20.3 Å². The van der Waals surface area contributed by atoms with Crippen LogP contribution in [0.25, 0.3) is 0 Å². The van der Waals surface area contributed by atoms with Crippen molar-refractivity contribution >= 4 is 6.09 Å². The number of methoxy groups -OCH3 is 1. The number of rotatable bonds is 3. The number of carbonyl (C=O) groups excluding carboxylic acids is 1. The standard InChI is InChI=1S/C6H13NO3/c1-5(4-8)3-7-6(9)10-2/h5,8H,3-4H2,1-2H3,(H,7,9). The summed E-state index contributed by atoms with van der Waals surface area (Å²) in [4.78, 5) is 10.4.